The highest BCUT2D eigenvalue weighted by molar-refractivity contribution is 5.81. The van der Waals surface area contributed by atoms with Gasteiger partial charge in [-0.2, -0.15) is 0 Å². The summed E-state index contributed by atoms with van der Waals surface area (Å²) in [5.74, 6) is 0.341. The maximum absolute atomic E-state index is 12.5. The van der Waals surface area contributed by atoms with Crippen molar-refractivity contribution in [1.82, 2.24) is 15.1 Å². The SMILES string of the molecule is CNC1(C)CCN(C(C)C(=O)N2CCCCC2)CC1. The van der Waals surface area contributed by atoms with Gasteiger partial charge >= 0.3 is 0 Å². The molecule has 2 aliphatic rings. The number of amides is 1. The quantitative estimate of drug-likeness (QED) is 0.841. The maximum Gasteiger partial charge on any atom is 0.239 e. The Balaban J connectivity index is 1.86. The Morgan fingerprint density at radius 3 is 2.21 bits per heavy atom. The zero-order chi connectivity index (χ0) is 13.9. The van der Waals surface area contributed by atoms with Crippen LogP contribution in [0.25, 0.3) is 0 Å². The molecule has 1 unspecified atom stereocenters. The second-order valence-corrected chi connectivity index (χ2v) is 6.41. The van der Waals surface area contributed by atoms with Crippen molar-refractivity contribution in [3.63, 3.8) is 0 Å². The van der Waals surface area contributed by atoms with Crippen molar-refractivity contribution in [2.45, 2.75) is 57.5 Å². The first-order chi connectivity index (χ1) is 9.06. The molecule has 4 nitrogen and oxygen atoms in total. The summed E-state index contributed by atoms with van der Waals surface area (Å²) in [6.07, 6.45) is 5.89. The minimum atomic E-state index is 0.0551. The Hall–Kier alpha value is -0.610. The van der Waals surface area contributed by atoms with E-state index in [9.17, 15) is 4.79 Å². The third-order valence-electron chi connectivity index (χ3n) is 5.08. The van der Waals surface area contributed by atoms with E-state index in [1.807, 2.05) is 7.05 Å². The van der Waals surface area contributed by atoms with Crippen LogP contribution in [0.4, 0.5) is 0 Å². The molecule has 110 valence electrons. The molecular formula is C15H29N3O. The van der Waals surface area contributed by atoms with Gasteiger partial charge in [0.15, 0.2) is 0 Å². The van der Waals surface area contributed by atoms with Crippen molar-refractivity contribution < 1.29 is 4.79 Å². The molecule has 1 N–H and O–H groups in total. The first-order valence-corrected chi connectivity index (χ1v) is 7.77. The molecular weight excluding hydrogens is 238 g/mol. The number of carbonyl (C=O) groups is 1. The molecule has 0 saturated carbocycles. The lowest BCUT2D eigenvalue weighted by Crippen LogP contribution is -2.55. The van der Waals surface area contributed by atoms with Gasteiger partial charge in [0.1, 0.15) is 0 Å². The van der Waals surface area contributed by atoms with Crippen LogP contribution >= 0.6 is 0 Å². The number of carbonyl (C=O) groups excluding carboxylic acids is 1. The van der Waals surface area contributed by atoms with Gasteiger partial charge in [0, 0.05) is 31.7 Å². The molecule has 0 radical (unpaired) electrons. The fourth-order valence-electron chi connectivity index (χ4n) is 3.19. The average Bonchev–Trinajstić information content (AvgIpc) is 2.47. The monoisotopic (exact) mass is 267 g/mol. The Kier molecular flexibility index (Phi) is 4.85. The van der Waals surface area contributed by atoms with Crippen molar-refractivity contribution in [2.24, 2.45) is 0 Å². The molecule has 2 heterocycles. The topological polar surface area (TPSA) is 35.6 Å². The molecule has 2 aliphatic heterocycles. The van der Waals surface area contributed by atoms with E-state index < -0.39 is 0 Å². The Bertz CT molecular complexity index is 305. The normalized spacial score (nSPS) is 26.2. The van der Waals surface area contributed by atoms with Gasteiger partial charge in [-0.05, 0) is 53.0 Å². The van der Waals surface area contributed by atoms with Crippen LogP contribution in [0.3, 0.4) is 0 Å². The molecule has 0 spiro atoms. The summed E-state index contributed by atoms with van der Waals surface area (Å²) < 4.78 is 0. The van der Waals surface area contributed by atoms with E-state index in [4.69, 9.17) is 0 Å². The molecule has 0 aromatic heterocycles. The highest BCUT2D eigenvalue weighted by Crippen LogP contribution is 2.23. The standard InChI is InChI=1S/C15H29N3O/c1-13(14(19)18-9-5-4-6-10-18)17-11-7-15(2,16-3)8-12-17/h13,16H,4-12H2,1-3H3. The largest absolute Gasteiger partial charge is 0.341 e. The zero-order valence-corrected chi connectivity index (χ0v) is 12.7. The minimum absolute atomic E-state index is 0.0551. The number of piperidine rings is 2. The molecule has 2 rings (SSSR count). The first kappa shape index (κ1) is 14.8. The summed E-state index contributed by atoms with van der Waals surface area (Å²) in [6.45, 7) is 8.34. The summed E-state index contributed by atoms with van der Waals surface area (Å²) in [5, 5.41) is 3.41. The average molecular weight is 267 g/mol. The predicted molar refractivity (Wildman–Crippen MR) is 78.2 cm³/mol. The van der Waals surface area contributed by atoms with Crippen LogP contribution in [0.5, 0.6) is 0 Å². The summed E-state index contributed by atoms with van der Waals surface area (Å²) in [7, 11) is 2.04. The summed E-state index contributed by atoms with van der Waals surface area (Å²) in [4.78, 5) is 16.9. The fraction of sp³-hybridized carbons (Fsp3) is 0.933. The van der Waals surface area contributed by atoms with Crippen molar-refractivity contribution in [2.75, 3.05) is 33.2 Å². The van der Waals surface area contributed by atoms with E-state index in [1.165, 1.54) is 19.3 Å². The van der Waals surface area contributed by atoms with Gasteiger partial charge in [-0.1, -0.05) is 0 Å². The van der Waals surface area contributed by atoms with Crippen LogP contribution in [0.2, 0.25) is 0 Å². The molecule has 0 aliphatic carbocycles. The van der Waals surface area contributed by atoms with Crippen LogP contribution in [0.15, 0.2) is 0 Å². The van der Waals surface area contributed by atoms with Gasteiger partial charge in [0.05, 0.1) is 6.04 Å². The molecule has 2 saturated heterocycles. The summed E-state index contributed by atoms with van der Waals surface area (Å²) in [6, 6.07) is 0.0551. The first-order valence-electron chi connectivity index (χ1n) is 7.77. The summed E-state index contributed by atoms with van der Waals surface area (Å²) >= 11 is 0. The molecule has 0 aromatic rings. The number of nitrogens with one attached hydrogen (secondary N) is 1. The fourth-order valence-corrected chi connectivity index (χ4v) is 3.19. The van der Waals surface area contributed by atoms with E-state index in [-0.39, 0.29) is 11.6 Å². The van der Waals surface area contributed by atoms with Gasteiger partial charge in [-0.3, -0.25) is 9.69 Å². The zero-order valence-electron chi connectivity index (χ0n) is 12.7. The Labute approximate surface area is 117 Å². The second kappa shape index (κ2) is 6.23. The highest BCUT2D eigenvalue weighted by atomic mass is 16.2. The number of nitrogens with zero attached hydrogens (tertiary/aromatic N) is 2. The van der Waals surface area contributed by atoms with Gasteiger partial charge < -0.3 is 10.2 Å². The van der Waals surface area contributed by atoms with Crippen molar-refractivity contribution in [1.29, 1.82) is 0 Å². The van der Waals surface area contributed by atoms with Crippen LogP contribution in [-0.4, -0.2) is 60.5 Å². The Morgan fingerprint density at radius 2 is 1.68 bits per heavy atom. The molecule has 0 bridgehead atoms. The van der Waals surface area contributed by atoms with E-state index in [0.29, 0.717) is 5.91 Å². The maximum atomic E-state index is 12.5. The van der Waals surface area contributed by atoms with Gasteiger partial charge in [0.25, 0.3) is 0 Å². The number of rotatable bonds is 3. The minimum Gasteiger partial charge on any atom is -0.341 e. The van der Waals surface area contributed by atoms with Crippen LogP contribution in [0, 0.1) is 0 Å². The lowest BCUT2D eigenvalue weighted by molar-refractivity contribution is -0.138. The lowest BCUT2D eigenvalue weighted by Gasteiger charge is -2.42. The number of likely N-dealkylation sites (tertiary alicyclic amines) is 2. The van der Waals surface area contributed by atoms with Crippen molar-refractivity contribution >= 4 is 5.91 Å². The van der Waals surface area contributed by atoms with Gasteiger partial charge in [-0.25, -0.2) is 0 Å². The lowest BCUT2D eigenvalue weighted by atomic mass is 9.89. The molecule has 2 fully saturated rings. The van der Waals surface area contributed by atoms with Crippen molar-refractivity contribution in [3.05, 3.63) is 0 Å². The van der Waals surface area contributed by atoms with E-state index in [0.717, 1.165) is 39.0 Å². The highest BCUT2D eigenvalue weighted by Gasteiger charge is 2.33. The van der Waals surface area contributed by atoms with E-state index >= 15 is 0 Å². The smallest absolute Gasteiger partial charge is 0.239 e. The van der Waals surface area contributed by atoms with Crippen molar-refractivity contribution in [3.8, 4) is 0 Å². The molecule has 1 amide bonds. The van der Waals surface area contributed by atoms with E-state index in [2.05, 4.69) is 29.0 Å². The molecule has 19 heavy (non-hydrogen) atoms. The molecule has 0 aromatic carbocycles. The van der Waals surface area contributed by atoms with Crippen LogP contribution < -0.4 is 5.32 Å². The predicted octanol–water partition coefficient (Wildman–Crippen LogP) is 1.46. The Morgan fingerprint density at radius 1 is 1.11 bits per heavy atom. The molecule has 4 heteroatoms. The van der Waals surface area contributed by atoms with Crippen LogP contribution in [-0.2, 0) is 4.79 Å². The van der Waals surface area contributed by atoms with Gasteiger partial charge in [-0.15, -0.1) is 0 Å². The van der Waals surface area contributed by atoms with E-state index in [1.54, 1.807) is 0 Å². The third kappa shape index (κ3) is 3.48. The molecule has 1 atom stereocenters. The second-order valence-electron chi connectivity index (χ2n) is 6.41. The van der Waals surface area contributed by atoms with Crippen LogP contribution in [0.1, 0.15) is 46.0 Å². The number of hydrogen-bond acceptors (Lipinski definition) is 3. The number of hydrogen-bond donors (Lipinski definition) is 1. The third-order valence-corrected chi connectivity index (χ3v) is 5.08. The summed E-state index contributed by atoms with van der Waals surface area (Å²) in [5.41, 5.74) is 0.254. The van der Waals surface area contributed by atoms with Gasteiger partial charge in [0.2, 0.25) is 5.91 Å².